The van der Waals surface area contributed by atoms with E-state index >= 15 is 0 Å². The molecule has 2 aromatic carbocycles. The van der Waals surface area contributed by atoms with Crippen LogP contribution in [0.5, 0.6) is 11.5 Å². The van der Waals surface area contributed by atoms with Gasteiger partial charge in [0.15, 0.2) is 0 Å². The van der Waals surface area contributed by atoms with Crippen LogP contribution in [-0.2, 0) is 4.79 Å². The molecular weight excluding hydrogens is 436 g/mol. The lowest BCUT2D eigenvalue weighted by Crippen LogP contribution is -2.18. The quantitative estimate of drug-likeness (QED) is 0.559. The number of halogens is 2. The van der Waals surface area contributed by atoms with Gasteiger partial charge >= 0.3 is 0 Å². The minimum atomic E-state index is -0.317. The third-order valence-electron chi connectivity index (χ3n) is 4.19. The number of methoxy groups -OCH3 is 2. The molecule has 0 aliphatic carbocycles. The zero-order valence-electron chi connectivity index (χ0n) is 14.1. The zero-order valence-corrected chi connectivity index (χ0v) is 17.3. The van der Waals surface area contributed by atoms with E-state index in [4.69, 9.17) is 9.47 Å². The SMILES string of the molecule is COc1cccc(Br)c1C(C)C(=O)C(C)c1c(Br)cccc1OC. The lowest BCUT2D eigenvalue weighted by Gasteiger charge is -2.22. The first-order valence-corrected chi connectivity index (χ1v) is 9.19. The van der Waals surface area contributed by atoms with E-state index in [1.807, 2.05) is 50.2 Å². The minimum absolute atomic E-state index is 0.102. The molecule has 0 aliphatic rings. The summed E-state index contributed by atoms with van der Waals surface area (Å²) in [4.78, 5) is 13.1. The molecule has 0 aromatic heterocycles. The number of benzene rings is 2. The zero-order chi connectivity index (χ0) is 17.9. The van der Waals surface area contributed by atoms with E-state index in [0.29, 0.717) is 11.5 Å². The summed E-state index contributed by atoms with van der Waals surface area (Å²) in [7, 11) is 3.23. The fourth-order valence-electron chi connectivity index (χ4n) is 2.89. The van der Waals surface area contributed by atoms with Crippen LogP contribution in [0.2, 0.25) is 0 Å². The van der Waals surface area contributed by atoms with Crippen LogP contribution in [0.1, 0.15) is 36.8 Å². The predicted octanol–water partition coefficient (Wildman–Crippen LogP) is 5.71. The molecule has 0 saturated carbocycles. The normalized spacial score (nSPS) is 13.2. The van der Waals surface area contributed by atoms with E-state index < -0.39 is 0 Å². The average Bonchev–Trinajstić information content (AvgIpc) is 2.59. The van der Waals surface area contributed by atoms with E-state index in [1.54, 1.807) is 14.2 Å². The summed E-state index contributed by atoms with van der Waals surface area (Å²) in [6, 6.07) is 11.4. The molecule has 0 bridgehead atoms. The summed E-state index contributed by atoms with van der Waals surface area (Å²) < 4.78 is 12.6. The van der Waals surface area contributed by atoms with E-state index in [1.165, 1.54) is 0 Å². The first kappa shape index (κ1) is 19.0. The Balaban J connectivity index is 2.43. The topological polar surface area (TPSA) is 35.5 Å². The van der Waals surface area contributed by atoms with Crippen LogP contribution in [0.15, 0.2) is 45.3 Å². The van der Waals surface area contributed by atoms with Crippen LogP contribution in [0.4, 0.5) is 0 Å². The number of rotatable bonds is 6. The van der Waals surface area contributed by atoms with Crippen LogP contribution in [0.3, 0.4) is 0 Å². The Hall–Kier alpha value is -1.33. The molecule has 0 spiro atoms. The number of ether oxygens (including phenoxy) is 2. The van der Waals surface area contributed by atoms with Crippen LogP contribution in [-0.4, -0.2) is 20.0 Å². The van der Waals surface area contributed by atoms with E-state index in [9.17, 15) is 4.79 Å². The lowest BCUT2D eigenvalue weighted by molar-refractivity contribution is -0.121. The van der Waals surface area contributed by atoms with Crippen LogP contribution >= 0.6 is 31.9 Å². The highest BCUT2D eigenvalue weighted by molar-refractivity contribution is 9.10. The Bertz CT molecular complexity index is 682. The van der Waals surface area contributed by atoms with E-state index in [-0.39, 0.29) is 17.6 Å². The van der Waals surface area contributed by atoms with Gasteiger partial charge in [0.25, 0.3) is 0 Å². The van der Waals surface area contributed by atoms with Crippen molar-refractivity contribution in [3.8, 4) is 11.5 Å². The Kier molecular flexibility index (Phi) is 6.47. The predicted molar refractivity (Wildman–Crippen MR) is 103 cm³/mol. The monoisotopic (exact) mass is 454 g/mol. The minimum Gasteiger partial charge on any atom is -0.496 e. The molecule has 0 N–H and O–H groups in total. The first-order chi connectivity index (χ1) is 11.4. The summed E-state index contributed by atoms with van der Waals surface area (Å²) in [6.07, 6.45) is 0. The van der Waals surface area contributed by atoms with Gasteiger partial charge < -0.3 is 9.47 Å². The Labute approximate surface area is 159 Å². The maximum Gasteiger partial charge on any atom is 0.147 e. The van der Waals surface area contributed by atoms with Crippen LogP contribution < -0.4 is 9.47 Å². The highest BCUT2D eigenvalue weighted by atomic mass is 79.9. The van der Waals surface area contributed by atoms with Crippen molar-refractivity contribution < 1.29 is 14.3 Å². The van der Waals surface area contributed by atoms with E-state index in [2.05, 4.69) is 31.9 Å². The number of carbonyl (C=O) groups excluding carboxylic acids is 1. The van der Waals surface area contributed by atoms with Crippen molar-refractivity contribution in [3.63, 3.8) is 0 Å². The van der Waals surface area contributed by atoms with Gasteiger partial charge in [-0.05, 0) is 24.3 Å². The second kappa shape index (κ2) is 8.17. The molecule has 5 heteroatoms. The molecule has 3 nitrogen and oxygen atoms in total. The number of carbonyl (C=O) groups is 1. The van der Waals surface area contributed by atoms with Crippen molar-refractivity contribution in [3.05, 3.63) is 56.5 Å². The standard InChI is InChI=1S/C19H20Br2O3/c1-11(17-13(20)7-5-9-15(17)23-3)19(22)12(2)18-14(21)8-6-10-16(18)24-4/h5-12H,1-4H3. The van der Waals surface area contributed by atoms with Gasteiger partial charge in [-0.3, -0.25) is 4.79 Å². The molecule has 0 heterocycles. The molecule has 0 saturated heterocycles. The number of ketones is 1. The maximum atomic E-state index is 13.1. The fraction of sp³-hybridized carbons (Fsp3) is 0.316. The molecule has 2 aromatic rings. The molecule has 2 unspecified atom stereocenters. The molecule has 0 aliphatic heterocycles. The summed E-state index contributed by atoms with van der Waals surface area (Å²) in [5, 5.41) is 0. The average molecular weight is 456 g/mol. The highest BCUT2D eigenvalue weighted by Gasteiger charge is 2.29. The second-order valence-electron chi connectivity index (χ2n) is 5.56. The van der Waals surface area contributed by atoms with E-state index in [0.717, 1.165) is 20.1 Å². The van der Waals surface area contributed by atoms with Gasteiger partial charge in [-0.1, -0.05) is 57.8 Å². The third kappa shape index (κ3) is 3.67. The Morgan fingerprint density at radius 2 is 1.21 bits per heavy atom. The Morgan fingerprint density at radius 1 is 0.833 bits per heavy atom. The molecule has 0 fully saturated rings. The van der Waals surface area contributed by atoms with Crippen molar-refractivity contribution >= 4 is 37.6 Å². The summed E-state index contributed by atoms with van der Waals surface area (Å²) in [5.41, 5.74) is 1.73. The fourth-order valence-corrected chi connectivity index (χ4v) is 4.27. The van der Waals surface area contributed by atoms with Crippen molar-refractivity contribution in [2.75, 3.05) is 14.2 Å². The van der Waals surface area contributed by atoms with Gasteiger partial charge in [0.2, 0.25) is 0 Å². The summed E-state index contributed by atoms with van der Waals surface area (Å²) in [6.45, 7) is 3.82. The van der Waals surface area contributed by atoms with Crippen LogP contribution in [0, 0.1) is 0 Å². The molecular formula is C19H20Br2O3. The van der Waals surface area contributed by atoms with Gasteiger partial charge in [0.05, 0.1) is 14.2 Å². The molecule has 2 atom stereocenters. The van der Waals surface area contributed by atoms with Crippen LogP contribution in [0.25, 0.3) is 0 Å². The molecule has 128 valence electrons. The van der Waals surface area contributed by atoms with Gasteiger partial charge in [-0.25, -0.2) is 0 Å². The molecule has 24 heavy (non-hydrogen) atoms. The number of hydrogen-bond donors (Lipinski definition) is 0. The summed E-state index contributed by atoms with van der Waals surface area (Å²) in [5.74, 6) is 0.878. The number of Topliss-reactive ketones (excluding diaryl/α,β-unsaturated/α-hetero) is 1. The molecule has 0 radical (unpaired) electrons. The van der Waals surface area contributed by atoms with Crippen molar-refractivity contribution in [2.24, 2.45) is 0 Å². The summed E-state index contributed by atoms with van der Waals surface area (Å²) >= 11 is 7.08. The van der Waals surface area contributed by atoms with Gasteiger partial charge in [-0.2, -0.15) is 0 Å². The van der Waals surface area contributed by atoms with Crippen molar-refractivity contribution in [1.29, 1.82) is 0 Å². The number of hydrogen-bond acceptors (Lipinski definition) is 3. The molecule has 2 rings (SSSR count). The van der Waals surface area contributed by atoms with Gasteiger partial charge in [-0.15, -0.1) is 0 Å². The second-order valence-corrected chi connectivity index (χ2v) is 7.27. The van der Waals surface area contributed by atoms with Crippen molar-refractivity contribution in [1.82, 2.24) is 0 Å². The lowest BCUT2D eigenvalue weighted by atomic mass is 9.85. The van der Waals surface area contributed by atoms with Gasteiger partial charge in [0.1, 0.15) is 17.3 Å². The van der Waals surface area contributed by atoms with Crippen molar-refractivity contribution in [2.45, 2.75) is 25.7 Å². The molecule has 0 amide bonds. The Morgan fingerprint density at radius 3 is 1.54 bits per heavy atom. The van der Waals surface area contributed by atoms with Gasteiger partial charge in [0, 0.05) is 31.9 Å². The highest BCUT2D eigenvalue weighted by Crippen LogP contribution is 2.40. The maximum absolute atomic E-state index is 13.1. The largest absolute Gasteiger partial charge is 0.496 e. The first-order valence-electron chi connectivity index (χ1n) is 7.60. The smallest absolute Gasteiger partial charge is 0.147 e. The third-order valence-corrected chi connectivity index (χ3v) is 5.57.